The van der Waals surface area contributed by atoms with E-state index < -0.39 is 0 Å². The van der Waals surface area contributed by atoms with Crippen molar-refractivity contribution in [3.05, 3.63) is 57.8 Å². The van der Waals surface area contributed by atoms with Gasteiger partial charge in [-0.05, 0) is 48.9 Å². The van der Waals surface area contributed by atoms with E-state index in [1.165, 1.54) is 18.2 Å². The van der Waals surface area contributed by atoms with Crippen molar-refractivity contribution in [2.75, 3.05) is 11.1 Å². The molecule has 2 aromatic rings. The SMILES string of the molecule is Cc1cc(F)ccc1NC(=O)c1ccc(Br)cc1N. The summed E-state index contributed by atoms with van der Waals surface area (Å²) in [7, 11) is 0. The number of benzene rings is 2. The molecule has 3 nitrogen and oxygen atoms in total. The fraction of sp³-hybridized carbons (Fsp3) is 0.0714. The van der Waals surface area contributed by atoms with Crippen LogP contribution in [0.5, 0.6) is 0 Å². The van der Waals surface area contributed by atoms with Gasteiger partial charge >= 0.3 is 0 Å². The molecule has 2 aromatic carbocycles. The van der Waals surface area contributed by atoms with Crippen LogP contribution in [-0.4, -0.2) is 5.91 Å². The number of carbonyl (C=O) groups is 1. The van der Waals surface area contributed by atoms with Crippen LogP contribution in [0, 0.1) is 12.7 Å². The van der Waals surface area contributed by atoms with E-state index in [-0.39, 0.29) is 11.7 Å². The Morgan fingerprint density at radius 1 is 1.26 bits per heavy atom. The number of nitrogens with two attached hydrogens (primary N) is 1. The van der Waals surface area contributed by atoms with Gasteiger partial charge in [-0.25, -0.2) is 4.39 Å². The van der Waals surface area contributed by atoms with Crippen LogP contribution in [0.25, 0.3) is 0 Å². The van der Waals surface area contributed by atoms with Crippen LogP contribution in [0.1, 0.15) is 15.9 Å². The van der Waals surface area contributed by atoms with Gasteiger partial charge in [-0.15, -0.1) is 0 Å². The number of rotatable bonds is 2. The third-order valence-corrected chi connectivity index (χ3v) is 3.19. The molecule has 0 saturated heterocycles. The van der Waals surface area contributed by atoms with E-state index in [1.54, 1.807) is 25.1 Å². The summed E-state index contributed by atoms with van der Waals surface area (Å²) in [6.45, 7) is 1.73. The zero-order valence-electron chi connectivity index (χ0n) is 10.2. The van der Waals surface area contributed by atoms with Gasteiger partial charge in [-0.2, -0.15) is 0 Å². The van der Waals surface area contributed by atoms with Crippen LogP contribution in [0.15, 0.2) is 40.9 Å². The molecule has 1 amide bonds. The lowest BCUT2D eigenvalue weighted by atomic mass is 10.1. The fourth-order valence-corrected chi connectivity index (χ4v) is 2.08. The third-order valence-electron chi connectivity index (χ3n) is 2.69. The van der Waals surface area contributed by atoms with E-state index in [4.69, 9.17) is 5.73 Å². The van der Waals surface area contributed by atoms with Crippen LogP contribution < -0.4 is 11.1 Å². The number of nitrogens with one attached hydrogen (secondary N) is 1. The first kappa shape index (κ1) is 13.5. The van der Waals surface area contributed by atoms with Gasteiger partial charge in [-0.1, -0.05) is 15.9 Å². The number of carbonyl (C=O) groups excluding carboxylic acids is 1. The number of hydrogen-bond acceptors (Lipinski definition) is 2. The average Bonchev–Trinajstić information content (AvgIpc) is 2.32. The van der Waals surface area contributed by atoms with E-state index in [1.807, 2.05) is 0 Å². The highest BCUT2D eigenvalue weighted by molar-refractivity contribution is 9.10. The van der Waals surface area contributed by atoms with Gasteiger partial charge in [0.2, 0.25) is 0 Å². The highest BCUT2D eigenvalue weighted by Crippen LogP contribution is 2.21. The summed E-state index contributed by atoms with van der Waals surface area (Å²) in [5, 5.41) is 2.71. The second-order valence-corrected chi connectivity index (χ2v) is 5.06. The van der Waals surface area contributed by atoms with Crippen LogP contribution >= 0.6 is 15.9 Å². The molecule has 19 heavy (non-hydrogen) atoms. The first-order valence-electron chi connectivity index (χ1n) is 5.60. The van der Waals surface area contributed by atoms with Gasteiger partial charge in [-0.3, -0.25) is 4.79 Å². The smallest absolute Gasteiger partial charge is 0.257 e. The first-order valence-corrected chi connectivity index (χ1v) is 6.39. The summed E-state index contributed by atoms with van der Waals surface area (Å²) in [5.41, 5.74) is 7.77. The predicted molar refractivity (Wildman–Crippen MR) is 77.6 cm³/mol. The molecule has 0 unspecified atom stereocenters. The summed E-state index contributed by atoms with van der Waals surface area (Å²) in [6.07, 6.45) is 0. The number of anilines is 2. The van der Waals surface area contributed by atoms with Crippen molar-refractivity contribution in [1.29, 1.82) is 0 Å². The van der Waals surface area contributed by atoms with Gasteiger partial charge in [0, 0.05) is 15.8 Å². The highest BCUT2D eigenvalue weighted by Gasteiger charge is 2.11. The molecule has 98 valence electrons. The molecule has 0 heterocycles. The molecular weight excluding hydrogens is 311 g/mol. The lowest BCUT2D eigenvalue weighted by Crippen LogP contribution is -2.14. The molecule has 2 rings (SSSR count). The molecule has 3 N–H and O–H groups in total. The van der Waals surface area contributed by atoms with Crippen molar-refractivity contribution >= 4 is 33.2 Å². The second kappa shape index (κ2) is 5.40. The maximum atomic E-state index is 13.0. The normalized spacial score (nSPS) is 10.3. The Hall–Kier alpha value is -1.88. The molecule has 0 bridgehead atoms. The molecule has 0 atom stereocenters. The molecule has 0 aliphatic carbocycles. The fourth-order valence-electron chi connectivity index (χ4n) is 1.70. The molecular formula is C14H12BrFN2O. The maximum Gasteiger partial charge on any atom is 0.257 e. The predicted octanol–water partition coefficient (Wildman–Crippen LogP) is 3.73. The van der Waals surface area contributed by atoms with Gasteiger partial charge < -0.3 is 11.1 Å². The summed E-state index contributed by atoms with van der Waals surface area (Å²) < 4.78 is 13.8. The van der Waals surface area contributed by atoms with Gasteiger partial charge in [0.15, 0.2) is 0 Å². The van der Waals surface area contributed by atoms with Crippen molar-refractivity contribution in [2.45, 2.75) is 6.92 Å². The molecule has 0 saturated carbocycles. The topological polar surface area (TPSA) is 55.1 Å². The zero-order chi connectivity index (χ0) is 14.0. The summed E-state index contributed by atoms with van der Waals surface area (Å²) in [4.78, 5) is 12.1. The number of aryl methyl sites for hydroxylation is 1. The zero-order valence-corrected chi connectivity index (χ0v) is 11.8. The van der Waals surface area contributed by atoms with E-state index in [2.05, 4.69) is 21.2 Å². The van der Waals surface area contributed by atoms with Crippen molar-refractivity contribution in [3.8, 4) is 0 Å². The molecule has 0 spiro atoms. The molecule has 0 aliphatic heterocycles. The first-order chi connectivity index (χ1) is 8.97. The van der Waals surface area contributed by atoms with Crippen molar-refractivity contribution in [3.63, 3.8) is 0 Å². The quantitative estimate of drug-likeness (QED) is 0.828. The monoisotopic (exact) mass is 322 g/mol. The molecule has 0 aliphatic rings. The standard InChI is InChI=1S/C14H12BrFN2O/c1-8-6-10(16)3-5-13(8)18-14(19)11-4-2-9(15)7-12(11)17/h2-7H,17H2,1H3,(H,18,19). The second-order valence-electron chi connectivity index (χ2n) is 4.14. The van der Waals surface area contributed by atoms with Gasteiger partial charge in [0.25, 0.3) is 5.91 Å². The molecule has 0 aromatic heterocycles. The Kier molecular flexibility index (Phi) is 3.85. The maximum absolute atomic E-state index is 13.0. The Morgan fingerprint density at radius 3 is 2.63 bits per heavy atom. The molecule has 0 radical (unpaired) electrons. The lowest BCUT2D eigenvalue weighted by Gasteiger charge is -2.10. The number of hydrogen-bond donors (Lipinski definition) is 2. The van der Waals surface area contributed by atoms with E-state index >= 15 is 0 Å². The Morgan fingerprint density at radius 2 is 2.00 bits per heavy atom. The van der Waals surface area contributed by atoms with E-state index in [9.17, 15) is 9.18 Å². The van der Waals surface area contributed by atoms with Crippen LogP contribution in [0.4, 0.5) is 15.8 Å². The summed E-state index contributed by atoms with van der Waals surface area (Å²) in [6, 6.07) is 9.22. The average molecular weight is 323 g/mol. The van der Waals surface area contributed by atoms with E-state index in [0.29, 0.717) is 22.5 Å². The highest BCUT2D eigenvalue weighted by atomic mass is 79.9. The third kappa shape index (κ3) is 3.12. The minimum Gasteiger partial charge on any atom is -0.398 e. The van der Waals surface area contributed by atoms with Crippen LogP contribution in [0.3, 0.4) is 0 Å². The number of halogens is 2. The minimum absolute atomic E-state index is 0.320. The summed E-state index contributed by atoms with van der Waals surface area (Å²) >= 11 is 3.28. The van der Waals surface area contributed by atoms with Crippen molar-refractivity contribution in [2.24, 2.45) is 0 Å². The van der Waals surface area contributed by atoms with Crippen molar-refractivity contribution < 1.29 is 9.18 Å². The largest absolute Gasteiger partial charge is 0.398 e. The number of nitrogen functional groups attached to an aromatic ring is 1. The molecule has 0 fully saturated rings. The van der Waals surface area contributed by atoms with Gasteiger partial charge in [0.1, 0.15) is 5.82 Å². The van der Waals surface area contributed by atoms with Gasteiger partial charge in [0.05, 0.1) is 5.56 Å². The van der Waals surface area contributed by atoms with Crippen LogP contribution in [-0.2, 0) is 0 Å². The lowest BCUT2D eigenvalue weighted by molar-refractivity contribution is 0.102. The van der Waals surface area contributed by atoms with E-state index in [0.717, 1.165) is 4.47 Å². The minimum atomic E-state index is -0.335. The van der Waals surface area contributed by atoms with Crippen LogP contribution in [0.2, 0.25) is 0 Å². The number of amides is 1. The molecule has 5 heteroatoms. The Bertz CT molecular complexity index is 643. The summed E-state index contributed by atoms with van der Waals surface area (Å²) in [5.74, 6) is -0.654. The Balaban J connectivity index is 2.25. The van der Waals surface area contributed by atoms with Crippen molar-refractivity contribution in [1.82, 2.24) is 0 Å². The Labute approximate surface area is 118 Å².